The number of halogens is 2. The molecule has 0 aromatic carbocycles. The number of ether oxygens (including phenoxy) is 1. The van der Waals surface area contributed by atoms with Gasteiger partial charge in [-0.2, -0.15) is 0 Å². The lowest BCUT2D eigenvalue weighted by Crippen LogP contribution is -2.42. The van der Waals surface area contributed by atoms with Crippen LogP contribution in [0, 0.1) is 0 Å². The summed E-state index contributed by atoms with van der Waals surface area (Å²) in [5.74, 6) is 0.0981. The number of methoxy groups -OCH3 is 1. The van der Waals surface area contributed by atoms with Crippen LogP contribution >= 0.6 is 24.8 Å². The number of hydrogen-bond acceptors (Lipinski definition) is 4. The molecule has 0 aromatic heterocycles. The van der Waals surface area contributed by atoms with Gasteiger partial charge in [0.2, 0.25) is 5.91 Å². The summed E-state index contributed by atoms with van der Waals surface area (Å²) in [6.07, 6.45) is 3.76. The fraction of sp³-hybridized carbons (Fsp3) is 0.923. The molecule has 20 heavy (non-hydrogen) atoms. The minimum atomic E-state index is 0. The first-order chi connectivity index (χ1) is 8.70. The predicted octanol–water partition coefficient (Wildman–Crippen LogP) is 0.807. The maximum Gasteiger partial charge on any atom is 0.234 e. The lowest BCUT2D eigenvalue weighted by molar-refractivity contribution is -0.120. The molecule has 7 heteroatoms. The van der Waals surface area contributed by atoms with Crippen molar-refractivity contribution < 1.29 is 9.53 Å². The zero-order valence-electron chi connectivity index (χ0n) is 12.3. The van der Waals surface area contributed by atoms with Crippen molar-refractivity contribution in [2.75, 3.05) is 33.4 Å². The Balaban J connectivity index is 0.00000180. The van der Waals surface area contributed by atoms with Crippen LogP contribution in [0.4, 0.5) is 0 Å². The normalized spacial score (nSPS) is 25.7. The molecule has 0 spiro atoms. The Bertz CT molecular complexity index is 291. The van der Waals surface area contributed by atoms with E-state index in [0.29, 0.717) is 25.2 Å². The second kappa shape index (κ2) is 9.79. The fourth-order valence-corrected chi connectivity index (χ4v) is 2.73. The van der Waals surface area contributed by atoms with E-state index >= 15 is 0 Å². The first-order valence-corrected chi connectivity index (χ1v) is 6.95. The monoisotopic (exact) mass is 327 g/mol. The first-order valence-electron chi connectivity index (χ1n) is 6.95. The van der Waals surface area contributed by atoms with E-state index in [4.69, 9.17) is 4.74 Å². The van der Waals surface area contributed by atoms with E-state index in [-0.39, 0.29) is 30.7 Å². The van der Waals surface area contributed by atoms with Gasteiger partial charge in [-0.05, 0) is 26.2 Å². The molecule has 1 saturated carbocycles. The Morgan fingerprint density at radius 3 is 2.65 bits per heavy atom. The van der Waals surface area contributed by atoms with Gasteiger partial charge in [0, 0.05) is 38.3 Å². The minimum absolute atomic E-state index is 0. The van der Waals surface area contributed by atoms with Crippen LogP contribution in [0.15, 0.2) is 0 Å². The molecule has 0 radical (unpaired) electrons. The highest BCUT2D eigenvalue weighted by molar-refractivity contribution is 5.85. The molecule has 1 amide bonds. The number of amides is 1. The third-order valence-electron chi connectivity index (χ3n) is 3.77. The molecule has 1 heterocycles. The molecular formula is C13H27Cl2N3O2. The topological polar surface area (TPSA) is 53.6 Å². The number of carbonyl (C=O) groups is 1. The number of nitrogens with zero attached hydrogens (tertiary/aromatic N) is 1. The van der Waals surface area contributed by atoms with Crippen LogP contribution in [-0.4, -0.2) is 62.3 Å². The summed E-state index contributed by atoms with van der Waals surface area (Å²) in [7, 11) is 1.66. The molecule has 120 valence electrons. The minimum Gasteiger partial charge on any atom is -0.383 e. The van der Waals surface area contributed by atoms with E-state index in [1.807, 2.05) is 0 Å². The Kier molecular flexibility index (Phi) is 9.76. The molecule has 0 aromatic rings. The standard InChI is InChI=1S/C13H25N3O2.2ClH/c1-10-7-11(9-16(10)12-3-4-12)15-13(17)8-14-5-6-18-2;;/h10-12,14H,3-9H2,1-2H3,(H,15,17);2*1H. The van der Waals surface area contributed by atoms with E-state index in [9.17, 15) is 4.79 Å². The van der Waals surface area contributed by atoms with Gasteiger partial charge in [0.25, 0.3) is 0 Å². The maximum atomic E-state index is 11.7. The van der Waals surface area contributed by atoms with Crippen LogP contribution < -0.4 is 10.6 Å². The quantitative estimate of drug-likeness (QED) is 0.679. The summed E-state index contributed by atoms with van der Waals surface area (Å²) in [5, 5.41) is 6.18. The van der Waals surface area contributed by atoms with Crippen molar-refractivity contribution in [3.05, 3.63) is 0 Å². The van der Waals surface area contributed by atoms with Gasteiger partial charge >= 0.3 is 0 Å². The van der Waals surface area contributed by atoms with Gasteiger partial charge in [-0.1, -0.05) is 0 Å². The summed E-state index contributed by atoms with van der Waals surface area (Å²) >= 11 is 0. The molecule has 0 bridgehead atoms. The van der Waals surface area contributed by atoms with Crippen molar-refractivity contribution in [2.24, 2.45) is 0 Å². The van der Waals surface area contributed by atoms with Gasteiger partial charge in [0.05, 0.1) is 13.2 Å². The molecule has 1 aliphatic carbocycles. The SMILES string of the molecule is COCCNCC(=O)NC1CC(C)N(C2CC2)C1.Cl.Cl. The van der Waals surface area contributed by atoms with Crippen LogP contribution in [0.25, 0.3) is 0 Å². The number of likely N-dealkylation sites (tertiary alicyclic amines) is 1. The second-order valence-corrected chi connectivity index (χ2v) is 5.45. The van der Waals surface area contributed by atoms with Crippen molar-refractivity contribution in [3.63, 3.8) is 0 Å². The molecule has 2 atom stereocenters. The summed E-state index contributed by atoms with van der Waals surface area (Å²) in [4.78, 5) is 14.3. The van der Waals surface area contributed by atoms with E-state index < -0.39 is 0 Å². The van der Waals surface area contributed by atoms with Gasteiger partial charge in [-0.15, -0.1) is 24.8 Å². The third-order valence-corrected chi connectivity index (χ3v) is 3.77. The Labute approximate surface area is 134 Å². The second-order valence-electron chi connectivity index (χ2n) is 5.45. The summed E-state index contributed by atoms with van der Waals surface area (Å²) in [5.41, 5.74) is 0. The average Bonchev–Trinajstić information content (AvgIpc) is 3.10. The van der Waals surface area contributed by atoms with Crippen molar-refractivity contribution >= 4 is 30.7 Å². The van der Waals surface area contributed by atoms with Gasteiger partial charge in [-0.25, -0.2) is 0 Å². The molecule has 5 nitrogen and oxygen atoms in total. The fourth-order valence-electron chi connectivity index (χ4n) is 2.73. The van der Waals surface area contributed by atoms with Crippen LogP contribution in [0.5, 0.6) is 0 Å². The highest BCUT2D eigenvalue weighted by Gasteiger charge is 2.38. The van der Waals surface area contributed by atoms with Crippen LogP contribution in [0.3, 0.4) is 0 Å². The van der Waals surface area contributed by atoms with Crippen LogP contribution in [-0.2, 0) is 9.53 Å². The molecule has 2 N–H and O–H groups in total. The van der Waals surface area contributed by atoms with Gasteiger partial charge in [-0.3, -0.25) is 9.69 Å². The molecule has 2 rings (SSSR count). The van der Waals surface area contributed by atoms with Crippen molar-refractivity contribution in [3.8, 4) is 0 Å². The molecule has 2 unspecified atom stereocenters. The van der Waals surface area contributed by atoms with E-state index in [1.54, 1.807) is 7.11 Å². The van der Waals surface area contributed by atoms with Gasteiger partial charge < -0.3 is 15.4 Å². The third kappa shape index (κ3) is 6.14. The molecule has 1 saturated heterocycles. The Hall–Kier alpha value is -0.0700. The van der Waals surface area contributed by atoms with Crippen molar-refractivity contribution in [1.29, 1.82) is 0 Å². The van der Waals surface area contributed by atoms with E-state index in [2.05, 4.69) is 22.5 Å². The Morgan fingerprint density at radius 2 is 2.05 bits per heavy atom. The number of carbonyl (C=O) groups excluding carboxylic acids is 1. The van der Waals surface area contributed by atoms with E-state index in [1.165, 1.54) is 12.8 Å². The lowest BCUT2D eigenvalue weighted by atomic mass is 10.2. The summed E-state index contributed by atoms with van der Waals surface area (Å²) in [6.45, 7) is 5.04. The zero-order valence-corrected chi connectivity index (χ0v) is 13.9. The van der Waals surface area contributed by atoms with Crippen LogP contribution in [0.2, 0.25) is 0 Å². The number of rotatable bonds is 7. The van der Waals surface area contributed by atoms with Crippen LogP contribution in [0.1, 0.15) is 26.2 Å². The lowest BCUT2D eigenvalue weighted by Gasteiger charge is -2.19. The Morgan fingerprint density at radius 1 is 1.35 bits per heavy atom. The summed E-state index contributed by atoms with van der Waals surface area (Å²) < 4.78 is 4.92. The average molecular weight is 328 g/mol. The predicted molar refractivity (Wildman–Crippen MR) is 85.0 cm³/mol. The maximum absolute atomic E-state index is 11.7. The van der Waals surface area contributed by atoms with Gasteiger partial charge in [0.15, 0.2) is 0 Å². The van der Waals surface area contributed by atoms with Crippen molar-refractivity contribution in [1.82, 2.24) is 15.5 Å². The first kappa shape index (κ1) is 19.9. The summed E-state index contributed by atoms with van der Waals surface area (Å²) in [6, 6.07) is 1.74. The highest BCUT2D eigenvalue weighted by Crippen LogP contribution is 2.33. The molecule has 2 fully saturated rings. The van der Waals surface area contributed by atoms with Gasteiger partial charge in [0.1, 0.15) is 0 Å². The zero-order chi connectivity index (χ0) is 13.0. The van der Waals surface area contributed by atoms with Crippen molar-refractivity contribution in [2.45, 2.75) is 44.3 Å². The largest absolute Gasteiger partial charge is 0.383 e. The highest BCUT2D eigenvalue weighted by atomic mass is 35.5. The smallest absolute Gasteiger partial charge is 0.234 e. The molecule has 2 aliphatic rings. The van der Waals surface area contributed by atoms with E-state index in [0.717, 1.165) is 25.6 Å². The number of hydrogen-bond donors (Lipinski definition) is 2. The number of nitrogens with one attached hydrogen (secondary N) is 2. The molecular weight excluding hydrogens is 301 g/mol. The molecule has 1 aliphatic heterocycles.